The number of carboxylic acid groups (broad SMARTS) is 4. The molecule has 37 heteroatoms. The van der Waals surface area contributed by atoms with Gasteiger partial charge in [0.05, 0.1) is 25.0 Å². The number of benzene rings is 1. The summed E-state index contributed by atoms with van der Waals surface area (Å²) in [5.41, 5.74) is 5.92. The lowest BCUT2D eigenvalue weighted by atomic mass is 9.98. The normalized spacial score (nSPS) is 15.7. The molecule has 1 aromatic carbocycles. The van der Waals surface area contributed by atoms with E-state index in [1.165, 1.54) is 86.6 Å². The second kappa shape index (κ2) is 42.9. The molecule has 0 heterocycles. The van der Waals surface area contributed by atoms with Gasteiger partial charge in [0, 0.05) is 12.8 Å². The van der Waals surface area contributed by atoms with Gasteiger partial charge >= 0.3 is 23.9 Å². The van der Waals surface area contributed by atoms with Crippen LogP contribution in [0.2, 0.25) is 0 Å². The summed E-state index contributed by atoms with van der Waals surface area (Å²) in [5.74, 6) is -22.2. The predicted octanol–water partition coefficient (Wildman–Crippen LogP) is -4.02. The van der Waals surface area contributed by atoms with Crippen LogP contribution in [0.4, 0.5) is 0 Å². The van der Waals surface area contributed by atoms with E-state index in [4.69, 9.17) is 5.73 Å². The van der Waals surface area contributed by atoms with Gasteiger partial charge in [-0.25, -0.2) is 0 Å². The fraction of sp³-hybridized carbons (Fsp3) is 0.646. The highest BCUT2D eigenvalue weighted by molar-refractivity contribution is 6.01. The van der Waals surface area contributed by atoms with Gasteiger partial charge in [-0.2, -0.15) is 0 Å². The minimum Gasteiger partial charge on any atom is -0.508 e. The van der Waals surface area contributed by atoms with Crippen molar-refractivity contribution in [1.29, 1.82) is 0 Å². The Morgan fingerprint density at radius 3 is 1.05 bits per heavy atom. The number of rotatable bonds is 44. The number of aliphatic hydroxyl groups excluding tert-OH is 1. The minimum atomic E-state index is -1.86. The number of aliphatic hydroxyl groups is 1. The second-order valence-electron chi connectivity index (χ2n) is 26.9. The summed E-state index contributed by atoms with van der Waals surface area (Å²) >= 11 is 0. The largest absolute Gasteiger partial charge is 0.508 e. The summed E-state index contributed by atoms with van der Waals surface area (Å²) in [6.07, 6.45) is -5.33. The molecule has 1 rings (SSSR count). The molecular formula is C65H104N14O23. The van der Waals surface area contributed by atoms with Gasteiger partial charge in [0.2, 0.25) is 76.8 Å². The van der Waals surface area contributed by atoms with Crippen LogP contribution in [0.3, 0.4) is 0 Å². The molecule has 1 aromatic rings. The Bertz CT molecular complexity index is 3140. The van der Waals surface area contributed by atoms with E-state index in [1.54, 1.807) is 27.7 Å². The second-order valence-corrected chi connectivity index (χ2v) is 26.9. The first-order valence-corrected chi connectivity index (χ1v) is 33.2. The van der Waals surface area contributed by atoms with Gasteiger partial charge in [0.15, 0.2) is 0 Å². The lowest BCUT2D eigenvalue weighted by Gasteiger charge is -2.30. The van der Waals surface area contributed by atoms with E-state index in [2.05, 4.69) is 69.1 Å². The molecular weight excluding hydrogens is 1340 g/mol. The number of amides is 13. The molecule has 37 nitrogen and oxygen atoms in total. The van der Waals surface area contributed by atoms with Crippen molar-refractivity contribution in [3.8, 4) is 5.75 Å². The number of hydrogen-bond donors (Lipinski definition) is 20. The van der Waals surface area contributed by atoms with Gasteiger partial charge in [0.1, 0.15) is 84.3 Å². The average molecular weight is 1450 g/mol. The van der Waals surface area contributed by atoms with Crippen molar-refractivity contribution in [3.05, 3.63) is 29.8 Å². The molecule has 572 valence electrons. The SMILES string of the molecule is CC(C)C[C@H](NC(=O)[C@H](CC(=O)O)NC(=O)[C@H](C)N)C(=O)N[C@@H](CCC(=O)O)C(=O)N[C@H](C(=O)N[C@H](C(=O)N[C@@H](C)C(=O)N[C@@H](C)C(=O)N[C@H](C(=O)N[C@@H](Cc1ccc(O)cc1)C(=O)N[C@H](C(=O)N[C@@H](CC(C)C)C(=O)N[C@@H](CC(=O)O)C(=O)N[C@@H](C)C(=O)O)C(C)C)[C@@H](C)O)C(C)C)C(C)C. The Kier molecular flexibility index (Phi) is 37.8. The van der Waals surface area contributed by atoms with E-state index in [9.17, 15) is 112 Å². The van der Waals surface area contributed by atoms with Crippen LogP contribution in [-0.4, -0.2) is 222 Å². The number of nitrogens with one attached hydrogen (secondary N) is 13. The van der Waals surface area contributed by atoms with E-state index >= 15 is 0 Å². The lowest BCUT2D eigenvalue weighted by Crippen LogP contribution is -2.62. The average Bonchev–Trinajstić information content (AvgIpc) is 0.846. The summed E-state index contributed by atoms with van der Waals surface area (Å²) in [6.45, 7) is 21.8. The monoisotopic (exact) mass is 1450 g/mol. The first kappa shape index (κ1) is 89.9. The number of hydrogen-bond acceptors (Lipinski definition) is 20. The maximum Gasteiger partial charge on any atom is 0.325 e. The maximum atomic E-state index is 14.4. The Hall–Kier alpha value is -10.1. The van der Waals surface area contributed by atoms with Crippen molar-refractivity contribution in [2.75, 3.05) is 0 Å². The van der Waals surface area contributed by atoms with Crippen molar-refractivity contribution < 1.29 is 112 Å². The Balaban J connectivity index is 3.41. The van der Waals surface area contributed by atoms with E-state index in [0.29, 0.717) is 5.56 Å². The van der Waals surface area contributed by atoms with Crippen LogP contribution in [-0.2, 0) is 87.9 Å². The molecule has 0 saturated heterocycles. The fourth-order valence-electron chi connectivity index (χ4n) is 9.62. The first-order chi connectivity index (χ1) is 47.2. The van der Waals surface area contributed by atoms with Gasteiger partial charge in [-0.15, -0.1) is 0 Å². The Labute approximate surface area is 590 Å². The van der Waals surface area contributed by atoms with E-state index < -0.39 is 235 Å². The van der Waals surface area contributed by atoms with Crippen LogP contribution < -0.4 is 74.9 Å². The highest BCUT2D eigenvalue weighted by atomic mass is 16.4. The van der Waals surface area contributed by atoms with Gasteiger partial charge in [-0.05, 0) is 101 Å². The summed E-state index contributed by atoms with van der Waals surface area (Å²) in [7, 11) is 0. The number of aliphatic carboxylic acids is 4. The van der Waals surface area contributed by atoms with Crippen LogP contribution in [0, 0.1) is 29.6 Å². The van der Waals surface area contributed by atoms with E-state index in [0.717, 1.165) is 13.8 Å². The van der Waals surface area contributed by atoms with Gasteiger partial charge in [-0.3, -0.25) is 81.5 Å². The summed E-state index contributed by atoms with van der Waals surface area (Å²) < 4.78 is 0. The van der Waals surface area contributed by atoms with Crippen molar-refractivity contribution in [2.24, 2.45) is 35.3 Å². The van der Waals surface area contributed by atoms with Crippen LogP contribution in [0.25, 0.3) is 0 Å². The molecule has 21 N–H and O–H groups in total. The third-order valence-corrected chi connectivity index (χ3v) is 15.4. The number of aromatic hydroxyl groups is 1. The van der Waals surface area contributed by atoms with Gasteiger partial charge in [-0.1, -0.05) is 81.4 Å². The zero-order chi connectivity index (χ0) is 78.5. The molecule has 0 aliphatic rings. The molecule has 0 bridgehead atoms. The minimum absolute atomic E-state index is 0.0884. The zero-order valence-corrected chi connectivity index (χ0v) is 60.0. The highest BCUT2D eigenvalue weighted by Gasteiger charge is 2.39. The molecule has 0 spiro atoms. The van der Waals surface area contributed by atoms with Crippen LogP contribution in [0.1, 0.15) is 148 Å². The van der Waals surface area contributed by atoms with Crippen molar-refractivity contribution in [3.63, 3.8) is 0 Å². The Morgan fingerprint density at radius 1 is 0.343 bits per heavy atom. The number of carbonyl (C=O) groups excluding carboxylic acids is 13. The topological polar surface area (TPSA) is 594 Å². The molecule has 13 amide bonds. The standard InChI is InChI=1S/C65H104N14O23/c1-27(2)22-40(72-59(95)44(26-47(86)87)71-52(88)32(11)66)57(93)70-39(20-21-45(82)83)55(91)76-50(31(9)10)63(99)78-48(29(5)6)61(97)68-33(12)53(89)67-34(13)54(90)79-51(36(15)80)64(100)75-42(24-37-16-18-38(81)19-17-37)60(96)77-49(30(7)8)62(98)74-41(23-28(3)4)58(94)73-43(25-46(84)85)56(92)69-35(14)65(101)102/h16-19,27-36,39-44,48-51,80-81H,20-26,66H2,1-15H3,(H,67,89)(H,68,97)(H,69,92)(H,70,93)(H,71,88)(H,72,95)(H,73,94)(H,74,98)(H,75,100)(H,76,91)(H,77,96)(H,78,99)(H,79,90)(H,82,83)(H,84,85)(H,86,87)(H,101,102)/t32-,33-,34-,35-,36+,39-,40-,41-,42-,43-,44-,48-,49-,50-,51-/m0/s1. The number of phenols is 1. The number of carbonyl (C=O) groups is 17. The first-order valence-electron chi connectivity index (χ1n) is 33.2. The number of carboxylic acids is 4. The highest BCUT2D eigenvalue weighted by Crippen LogP contribution is 2.16. The third-order valence-electron chi connectivity index (χ3n) is 15.4. The number of phenolic OH excluding ortho intramolecular Hbond substituents is 1. The van der Waals surface area contributed by atoms with Gasteiger partial charge in [0.25, 0.3) is 0 Å². The van der Waals surface area contributed by atoms with Crippen molar-refractivity contribution >= 4 is 101 Å². The Morgan fingerprint density at radius 2 is 0.647 bits per heavy atom. The van der Waals surface area contributed by atoms with Gasteiger partial charge < -0.3 is 105 Å². The molecule has 0 unspecified atom stereocenters. The third kappa shape index (κ3) is 32.1. The zero-order valence-electron chi connectivity index (χ0n) is 60.0. The van der Waals surface area contributed by atoms with Crippen LogP contribution in [0.15, 0.2) is 24.3 Å². The van der Waals surface area contributed by atoms with E-state index in [1.807, 2.05) is 0 Å². The van der Waals surface area contributed by atoms with Crippen LogP contribution in [0.5, 0.6) is 5.75 Å². The summed E-state index contributed by atoms with van der Waals surface area (Å²) in [5, 5.41) is 89.7. The summed E-state index contributed by atoms with van der Waals surface area (Å²) in [6, 6.07) is -16.2. The summed E-state index contributed by atoms with van der Waals surface area (Å²) in [4.78, 5) is 225. The lowest BCUT2D eigenvalue weighted by molar-refractivity contribution is -0.143. The molecule has 0 aliphatic carbocycles. The molecule has 0 radical (unpaired) electrons. The maximum absolute atomic E-state index is 14.4. The molecule has 0 saturated carbocycles. The molecule has 0 aliphatic heterocycles. The number of nitrogens with two attached hydrogens (primary N) is 1. The quantitative estimate of drug-likeness (QED) is 0.0296. The smallest absolute Gasteiger partial charge is 0.325 e. The van der Waals surface area contributed by atoms with Crippen LogP contribution >= 0.6 is 0 Å². The molecule has 102 heavy (non-hydrogen) atoms. The predicted molar refractivity (Wildman–Crippen MR) is 362 cm³/mol. The molecule has 0 fully saturated rings. The van der Waals surface area contributed by atoms with Crippen molar-refractivity contribution in [2.45, 2.75) is 239 Å². The van der Waals surface area contributed by atoms with E-state index in [-0.39, 0.29) is 36.8 Å². The van der Waals surface area contributed by atoms with Crippen molar-refractivity contribution in [1.82, 2.24) is 69.1 Å². The molecule has 0 aromatic heterocycles. The fourth-order valence-corrected chi connectivity index (χ4v) is 9.62. The molecule has 15 atom stereocenters.